The van der Waals surface area contributed by atoms with Gasteiger partial charge in [0.2, 0.25) is 5.91 Å². The Morgan fingerprint density at radius 1 is 0.824 bits per heavy atom. The molecule has 0 heterocycles. The molecule has 7 heteroatoms. The highest BCUT2D eigenvalue weighted by atomic mass is 16.5. The minimum Gasteiger partial charge on any atom is -0.480 e. The van der Waals surface area contributed by atoms with Crippen molar-refractivity contribution in [3.63, 3.8) is 0 Å². The van der Waals surface area contributed by atoms with E-state index in [9.17, 15) is 19.5 Å². The van der Waals surface area contributed by atoms with Crippen molar-refractivity contribution in [3.05, 3.63) is 59.7 Å². The van der Waals surface area contributed by atoms with Gasteiger partial charge in [0.1, 0.15) is 18.7 Å². The number of carboxylic acids is 1. The Labute approximate surface area is 200 Å². The van der Waals surface area contributed by atoms with Crippen LogP contribution in [0.1, 0.15) is 58.6 Å². The van der Waals surface area contributed by atoms with E-state index in [1.165, 1.54) is 0 Å². The van der Waals surface area contributed by atoms with Gasteiger partial charge in [-0.3, -0.25) is 4.79 Å². The standard InChI is InChI=1S/C27H34N2O5/c1-26(2,3)21(23(30)28-22(24(31)32)27(4,5)6)29-25(33)34-15-20-18-13-9-7-11-16(18)17-12-8-10-14-19(17)20/h7-14,20-22H,15H2,1-6H3,(H,28,30)(H,29,33)(H,31,32)/t21-,22+/m0/s1. The Balaban J connectivity index is 1.72. The molecule has 3 N–H and O–H groups in total. The third-order valence-electron chi connectivity index (χ3n) is 6.13. The Morgan fingerprint density at radius 2 is 1.29 bits per heavy atom. The van der Waals surface area contributed by atoms with Gasteiger partial charge in [-0.05, 0) is 33.1 Å². The van der Waals surface area contributed by atoms with E-state index in [-0.39, 0.29) is 12.5 Å². The summed E-state index contributed by atoms with van der Waals surface area (Å²) in [5, 5.41) is 14.8. The summed E-state index contributed by atoms with van der Waals surface area (Å²) in [6.45, 7) is 10.7. The zero-order valence-electron chi connectivity index (χ0n) is 20.6. The van der Waals surface area contributed by atoms with Crippen molar-refractivity contribution in [2.45, 2.75) is 59.5 Å². The van der Waals surface area contributed by atoms with Crippen LogP contribution in [0.5, 0.6) is 0 Å². The number of benzene rings is 2. The molecule has 2 aromatic carbocycles. The fourth-order valence-electron chi connectivity index (χ4n) is 4.31. The van der Waals surface area contributed by atoms with Gasteiger partial charge in [0.05, 0.1) is 0 Å². The van der Waals surface area contributed by atoms with E-state index in [2.05, 4.69) is 22.8 Å². The van der Waals surface area contributed by atoms with Crippen LogP contribution in [0.25, 0.3) is 11.1 Å². The van der Waals surface area contributed by atoms with Crippen molar-refractivity contribution in [3.8, 4) is 11.1 Å². The molecule has 1 aliphatic carbocycles. The average molecular weight is 467 g/mol. The summed E-state index contributed by atoms with van der Waals surface area (Å²) in [4.78, 5) is 37.5. The molecule has 2 amide bonds. The predicted octanol–water partition coefficient (Wildman–Crippen LogP) is 4.56. The Hall–Kier alpha value is -3.35. The minimum atomic E-state index is -1.13. The van der Waals surface area contributed by atoms with Crippen molar-refractivity contribution < 1.29 is 24.2 Å². The molecule has 0 saturated carbocycles. The number of carbonyl (C=O) groups is 3. The molecule has 2 atom stereocenters. The van der Waals surface area contributed by atoms with Crippen LogP contribution >= 0.6 is 0 Å². The predicted molar refractivity (Wildman–Crippen MR) is 130 cm³/mol. The number of rotatable bonds is 6. The SMILES string of the molecule is CC(C)(C)[C@H](NC(=O)[C@H](NC(=O)OCC1c2ccccc2-c2ccccc21)C(C)(C)C)C(=O)O. The summed E-state index contributed by atoms with van der Waals surface area (Å²) in [7, 11) is 0. The van der Waals surface area contributed by atoms with Crippen LogP contribution in [-0.4, -0.2) is 41.8 Å². The molecule has 0 bridgehead atoms. The Morgan fingerprint density at radius 3 is 1.74 bits per heavy atom. The lowest BCUT2D eigenvalue weighted by Gasteiger charge is -2.34. The first-order valence-electron chi connectivity index (χ1n) is 11.5. The van der Waals surface area contributed by atoms with E-state index in [0.717, 1.165) is 22.3 Å². The summed E-state index contributed by atoms with van der Waals surface area (Å²) in [5.41, 5.74) is 3.07. The van der Waals surface area contributed by atoms with E-state index < -0.39 is 40.9 Å². The van der Waals surface area contributed by atoms with Crippen molar-refractivity contribution >= 4 is 18.0 Å². The summed E-state index contributed by atoms with van der Waals surface area (Å²) >= 11 is 0. The Kier molecular flexibility index (Phi) is 7.05. The molecule has 1 aliphatic rings. The monoisotopic (exact) mass is 466 g/mol. The molecule has 182 valence electrons. The smallest absolute Gasteiger partial charge is 0.407 e. The first kappa shape index (κ1) is 25.3. The van der Waals surface area contributed by atoms with Crippen LogP contribution < -0.4 is 10.6 Å². The third kappa shape index (κ3) is 5.41. The fourth-order valence-corrected chi connectivity index (χ4v) is 4.31. The topological polar surface area (TPSA) is 105 Å². The van der Waals surface area contributed by atoms with E-state index in [1.807, 2.05) is 36.4 Å². The second-order valence-corrected chi connectivity index (χ2v) is 10.9. The van der Waals surface area contributed by atoms with Gasteiger partial charge in [-0.25, -0.2) is 9.59 Å². The quantitative estimate of drug-likeness (QED) is 0.579. The molecular formula is C27H34N2O5. The molecular weight excluding hydrogens is 432 g/mol. The highest BCUT2D eigenvalue weighted by molar-refractivity contribution is 5.90. The summed E-state index contributed by atoms with van der Waals surface area (Å²) in [5.74, 6) is -1.80. The number of hydrogen-bond acceptors (Lipinski definition) is 4. The maximum atomic E-state index is 13.0. The molecule has 0 aliphatic heterocycles. The van der Waals surface area contributed by atoms with E-state index >= 15 is 0 Å². The third-order valence-corrected chi connectivity index (χ3v) is 6.13. The van der Waals surface area contributed by atoms with Gasteiger partial charge in [0.15, 0.2) is 0 Å². The Bertz CT molecular complexity index is 1040. The molecule has 0 radical (unpaired) electrons. The van der Waals surface area contributed by atoms with Crippen molar-refractivity contribution in [1.82, 2.24) is 10.6 Å². The number of amides is 2. The number of carbonyl (C=O) groups excluding carboxylic acids is 2. The summed E-state index contributed by atoms with van der Waals surface area (Å²) < 4.78 is 5.59. The highest BCUT2D eigenvalue weighted by Crippen LogP contribution is 2.44. The van der Waals surface area contributed by atoms with Gasteiger partial charge in [-0.1, -0.05) is 90.1 Å². The van der Waals surface area contributed by atoms with Crippen LogP contribution in [0.15, 0.2) is 48.5 Å². The molecule has 0 fully saturated rings. The zero-order chi connectivity index (χ0) is 25.3. The lowest BCUT2D eigenvalue weighted by molar-refractivity contribution is -0.145. The van der Waals surface area contributed by atoms with E-state index in [1.54, 1.807) is 41.5 Å². The van der Waals surface area contributed by atoms with Crippen molar-refractivity contribution in [1.29, 1.82) is 0 Å². The molecule has 2 aromatic rings. The van der Waals surface area contributed by atoms with Gasteiger partial charge in [-0.15, -0.1) is 0 Å². The number of alkyl carbamates (subject to hydrolysis) is 1. The first-order chi connectivity index (χ1) is 15.8. The molecule has 3 rings (SSSR count). The molecule has 0 spiro atoms. The fraction of sp³-hybridized carbons (Fsp3) is 0.444. The van der Waals surface area contributed by atoms with E-state index in [4.69, 9.17) is 4.74 Å². The van der Waals surface area contributed by atoms with Crippen molar-refractivity contribution in [2.24, 2.45) is 10.8 Å². The van der Waals surface area contributed by atoms with Crippen LogP contribution in [-0.2, 0) is 14.3 Å². The second kappa shape index (κ2) is 9.49. The second-order valence-electron chi connectivity index (χ2n) is 10.9. The largest absolute Gasteiger partial charge is 0.480 e. The van der Waals surface area contributed by atoms with Gasteiger partial charge in [0.25, 0.3) is 0 Å². The number of carboxylic acid groups (broad SMARTS) is 1. The lowest BCUT2D eigenvalue weighted by Crippen LogP contribution is -2.59. The first-order valence-corrected chi connectivity index (χ1v) is 11.5. The average Bonchev–Trinajstić information content (AvgIpc) is 3.06. The molecule has 0 aromatic heterocycles. The number of ether oxygens (including phenoxy) is 1. The summed E-state index contributed by atoms with van der Waals surface area (Å²) in [6, 6.07) is 14.0. The molecule has 7 nitrogen and oxygen atoms in total. The van der Waals surface area contributed by atoms with Gasteiger partial charge < -0.3 is 20.5 Å². The number of nitrogens with one attached hydrogen (secondary N) is 2. The van der Waals surface area contributed by atoms with Gasteiger partial charge in [-0.2, -0.15) is 0 Å². The zero-order valence-corrected chi connectivity index (χ0v) is 20.6. The molecule has 0 unspecified atom stereocenters. The maximum absolute atomic E-state index is 13.0. The normalized spacial score (nSPS) is 15.0. The number of fused-ring (bicyclic) bond motifs is 3. The highest BCUT2D eigenvalue weighted by Gasteiger charge is 2.39. The number of aliphatic carboxylic acids is 1. The molecule has 34 heavy (non-hydrogen) atoms. The minimum absolute atomic E-state index is 0.0997. The van der Waals surface area contributed by atoms with Gasteiger partial charge >= 0.3 is 12.1 Å². The van der Waals surface area contributed by atoms with Crippen LogP contribution in [0, 0.1) is 10.8 Å². The van der Waals surface area contributed by atoms with Crippen LogP contribution in [0.2, 0.25) is 0 Å². The van der Waals surface area contributed by atoms with Gasteiger partial charge in [0, 0.05) is 5.92 Å². The van der Waals surface area contributed by atoms with Crippen LogP contribution in [0.3, 0.4) is 0 Å². The van der Waals surface area contributed by atoms with Crippen molar-refractivity contribution in [2.75, 3.05) is 6.61 Å². The van der Waals surface area contributed by atoms with E-state index in [0.29, 0.717) is 0 Å². The summed E-state index contributed by atoms with van der Waals surface area (Å²) in [6.07, 6.45) is -0.723. The molecule has 0 saturated heterocycles. The maximum Gasteiger partial charge on any atom is 0.407 e. The lowest BCUT2D eigenvalue weighted by atomic mass is 9.83. The number of hydrogen-bond donors (Lipinski definition) is 3. The van der Waals surface area contributed by atoms with Crippen LogP contribution in [0.4, 0.5) is 4.79 Å².